The first-order valence-corrected chi connectivity index (χ1v) is 6.74. The van der Waals surface area contributed by atoms with Gasteiger partial charge < -0.3 is 11.1 Å². The minimum Gasteiger partial charge on any atom is -0.353 e. The summed E-state index contributed by atoms with van der Waals surface area (Å²) in [5, 5.41) is 3.13. The lowest BCUT2D eigenvalue weighted by molar-refractivity contribution is -0.122. The lowest BCUT2D eigenvalue weighted by Gasteiger charge is -2.18. The standard InChI is InChI=1S/C13H24N2O/c1-2-11(7-9-3-4-9)15-13(16)8-12(14)10-5-6-10/h9-12H,2-8,14H2,1H3,(H,15,16). The van der Waals surface area contributed by atoms with E-state index in [1.165, 1.54) is 32.1 Å². The van der Waals surface area contributed by atoms with Crippen LogP contribution in [0.1, 0.15) is 51.9 Å². The van der Waals surface area contributed by atoms with Crippen molar-refractivity contribution in [3.8, 4) is 0 Å². The van der Waals surface area contributed by atoms with E-state index in [2.05, 4.69) is 12.2 Å². The summed E-state index contributed by atoms with van der Waals surface area (Å²) < 4.78 is 0. The third-order valence-corrected chi connectivity index (χ3v) is 3.82. The Labute approximate surface area is 98.2 Å². The molecule has 0 saturated heterocycles. The molecule has 2 unspecified atom stereocenters. The van der Waals surface area contributed by atoms with Gasteiger partial charge in [-0.25, -0.2) is 0 Å². The van der Waals surface area contributed by atoms with Crippen LogP contribution in [0.3, 0.4) is 0 Å². The van der Waals surface area contributed by atoms with E-state index in [0.29, 0.717) is 18.4 Å². The average Bonchev–Trinajstić information content (AvgIpc) is 3.09. The number of rotatable bonds is 7. The molecule has 0 heterocycles. The van der Waals surface area contributed by atoms with E-state index in [1.54, 1.807) is 0 Å². The van der Waals surface area contributed by atoms with Crippen LogP contribution in [0.2, 0.25) is 0 Å². The highest BCUT2D eigenvalue weighted by molar-refractivity contribution is 5.76. The molecule has 16 heavy (non-hydrogen) atoms. The van der Waals surface area contributed by atoms with Crippen molar-refractivity contribution < 1.29 is 4.79 Å². The monoisotopic (exact) mass is 224 g/mol. The summed E-state index contributed by atoms with van der Waals surface area (Å²) in [6, 6.07) is 0.477. The highest BCUT2D eigenvalue weighted by Gasteiger charge is 2.30. The van der Waals surface area contributed by atoms with Gasteiger partial charge in [0.2, 0.25) is 5.91 Å². The lowest BCUT2D eigenvalue weighted by atomic mass is 10.1. The first kappa shape index (κ1) is 11.9. The van der Waals surface area contributed by atoms with Crippen molar-refractivity contribution in [2.45, 2.75) is 64.0 Å². The van der Waals surface area contributed by atoms with E-state index in [9.17, 15) is 4.79 Å². The van der Waals surface area contributed by atoms with Gasteiger partial charge in [0.05, 0.1) is 0 Å². The summed E-state index contributed by atoms with van der Waals surface area (Å²) in [7, 11) is 0. The largest absolute Gasteiger partial charge is 0.353 e. The lowest BCUT2D eigenvalue weighted by Crippen LogP contribution is -2.38. The molecule has 0 aliphatic heterocycles. The maximum Gasteiger partial charge on any atom is 0.221 e. The van der Waals surface area contributed by atoms with Crippen LogP contribution in [-0.2, 0) is 4.79 Å². The van der Waals surface area contributed by atoms with Gasteiger partial charge in [0.1, 0.15) is 0 Å². The summed E-state index contributed by atoms with van der Waals surface area (Å²) in [6.07, 6.45) is 7.87. The van der Waals surface area contributed by atoms with Gasteiger partial charge in [-0.1, -0.05) is 19.8 Å². The zero-order chi connectivity index (χ0) is 11.5. The van der Waals surface area contributed by atoms with Gasteiger partial charge in [-0.15, -0.1) is 0 Å². The van der Waals surface area contributed by atoms with Crippen LogP contribution >= 0.6 is 0 Å². The minimum absolute atomic E-state index is 0.0958. The van der Waals surface area contributed by atoms with E-state index in [-0.39, 0.29) is 11.9 Å². The molecule has 3 nitrogen and oxygen atoms in total. The van der Waals surface area contributed by atoms with Crippen molar-refractivity contribution in [1.82, 2.24) is 5.32 Å². The molecule has 92 valence electrons. The van der Waals surface area contributed by atoms with Crippen LogP contribution in [0.4, 0.5) is 0 Å². The molecule has 0 aromatic carbocycles. The summed E-state index contributed by atoms with van der Waals surface area (Å²) >= 11 is 0. The maximum absolute atomic E-state index is 11.8. The van der Waals surface area contributed by atoms with E-state index in [1.807, 2.05) is 0 Å². The Bertz CT molecular complexity index is 246. The molecule has 2 atom stereocenters. The van der Waals surface area contributed by atoms with Crippen molar-refractivity contribution in [3.63, 3.8) is 0 Å². The van der Waals surface area contributed by atoms with Crippen LogP contribution in [0.5, 0.6) is 0 Å². The van der Waals surface area contributed by atoms with Crippen molar-refractivity contribution in [1.29, 1.82) is 0 Å². The van der Waals surface area contributed by atoms with Crippen molar-refractivity contribution in [3.05, 3.63) is 0 Å². The Morgan fingerprint density at radius 1 is 1.38 bits per heavy atom. The smallest absolute Gasteiger partial charge is 0.221 e. The van der Waals surface area contributed by atoms with Crippen LogP contribution in [0, 0.1) is 11.8 Å². The third-order valence-electron chi connectivity index (χ3n) is 3.82. The average molecular weight is 224 g/mol. The molecule has 2 saturated carbocycles. The number of hydrogen-bond acceptors (Lipinski definition) is 2. The highest BCUT2D eigenvalue weighted by atomic mass is 16.1. The van der Waals surface area contributed by atoms with Crippen molar-refractivity contribution >= 4 is 5.91 Å². The summed E-state index contributed by atoms with van der Waals surface area (Å²) in [4.78, 5) is 11.8. The second-order valence-corrected chi connectivity index (χ2v) is 5.56. The first-order chi connectivity index (χ1) is 7.69. The zero-order valence-corrected chi connectivity index (χ0v) is 10.2. The second kappa shape index (κ2) is 5.17. The fourth-order valence-corrected chi connectivity index (χ4v) is 2.28. The van der Waals surface area contributed by atoms with E-state index >= 15 is 0 Å². The zero-order valence-electron chi connectivity index (χ0n) is 10.2. The van der Waals surface area contributed by atoms with Crippen LogP contribution in [-0.4, -0.2) is 18.0 Å². The fourth-order valence-electron chi connectivity index (χ4n) is 2.28. The summed E-state index contributed by atoms with van der Waals surface area (Å²) in [5.74, 6) is 1.66. The Morgan fingerprint density at radius 3 is 2.56 bits per heavy atom. The van der Waals surface area contributed by atoms with Crippen LogP contribution in [0.25, 0.3) is 0 Å². The molecule has 3 N–H and O–H groups in total. The van der Waals surface area contributed by atoms with Gasteiger partial charge in [0.15, 0.2) is 0 Å². The number of hydrogen-bond donors (Lipinski definition) is 2. The number of nitrogens with two attached hydrogens (primary N) is 1. The Morgan fingerprint density at radius 2 is 2.06 bits per heavy atom. The molecule has 0 radical (unpaired) electrons. The molecule has 3 heteroatoms. The van der Waals surface area contributed by atoms with E-state index in [4.69, 9.17) is 5.73 Å². The Kier molecular flexibility index (Phi) is 3.85. The Hall–Kier alpha value is -0.570. The van der Waals surface area contributed by atoms with Crippen molar-refractivity contribution in [2.75, 3.05) is 0 Å². The highest BCUT2D eigenvalue weighted by Crippen LogP contribution is 2.34. The van der Waals surface area contributed by atoms with Gasteiger partial charge in [-0.2, -0.15) is 0 Å². The summed E-state index contributed by atoms with van der Waals surface area (Å²) in [6.45, 7) is 2.15. The number of amides is 1. The fraction of sp³-hybridized carbons (Fsp3) is 0.923. The predicted molar refractivity (Wildman–Crippen MR) is 64.9 cm³/mol. The third kappa shape index (κ3) is 3.78. The molecule has 2 aliphatic rings. The molecule has 1 amide bonds. The second-order valence-electron chi connectivity index (χ2n) is 5.56. The van der Waals surface area contributed by atoms with E-state index in [0.717, 1.165) is 12.3 Å². The molecule has 0 spiro atoms. The molecule has 0 aromatic heterocycles. The molecular weight excluding hydrogens is 200 g/mol. The van der Waals surface area contributed by atoms with Gasteiger partial charge in [-0.3, -0.25) is 4.79 Å². The molecule has 0 bridgehead atoms. The maximum atomic E-state index is 11.8. The number of nitrogens with one attached hydrogen (secondary N) is 1. The normalized spacial score (nSPS) is 23.9. The van der Waals surface area contributed by atoms with Crippen LogP contribution < -0.4 is 11.1 Å². The molecule has 2 rings (SSSR count). The van der Waals surface area contributed by atoms with Gasteiger partial charge >= 0.3 is 0 Å². The predicted octanol–water partition coefficient (Wildman–Crippen LogP) is 1.81. The van der Waals surface area contributed by atoms with Crippen molar-refractivity contribution in [2.24, 2.45) is 17.6 Å². The SMILES string of the molecule is CCC(CC1CC1)NC(=O)CC(N)C1CC1. The first-order valence-electron chi connectivity index (χ1n) is 6.74. The van der Waals surface area contributed by atoms with Gasteiger partial charge in [-0.05, 0) is 37.5 Å². The van der Waals surface area contributed by atoms with Crippen LogP contribution in [0.15, 0.2) is 0 Å². The molecule has 0 aromatic rings. The topological polar surface area (TPSA) is 55.1 Å². The summed E-state index contributed by atoms with van der Waals surface area (Å²) in [5.41, 5.74) is 5.95. The molecule has 2 fully saturated rings. The molecular formula is C13H24N2O. The Balaban J connectivity index is 1.66. The molecule has 2 aliphatic carbocycles. The number of carbonyl (C=O) groups excluding carboxylic acids is 1. The minimum atomic E-state index is 0.0958. The quantitative estimate of drug-likeness (QED) is 0.693. The van der Waals surface area contributed by atoms with Gasteiger partial charge in [0.25, 0.3) is 0 Å². The number of carbonyl (C=O) groups is 1. The van der Waals surface area contributed by atoms with E-state index < -0.39 is 0 Å². The van der Waals surface area contributed by atoms with Gasteiger partial charge in [0, 0.05) is 18.5 Å².